The largest absolute Gasteiger partial charge is 0.395 e. The summed E-state index contributed by atoms with van der Waals surface area (Å²) in [5.74, 6) is 0. The molecule has 2 aromatic rings. The molecule has 0 saturated carbocycles. The first-order chi connectivity index (χ1) is 13.9. The number of aliphatic imine (C=N–C) groups is 1. The molecule has 1 heterocycles. The van der Waals surface area contributed by atoms with Crippen molar-refractivity contribution >= 4 is 14.8 Å². The summed E-state index contributed by atoms with van der Waals surface area (Å²) in [5.41, 5.74) is 1.75. The van der Waals surface area contributed by atoms with Crippen LogP contribution in [0.15, 0.2) is 45.0 Å². The Labute approximate surface area is 172 Å². The summed E-state index contributed by atoms with van der Waals surface area (Å²) in [4.78, 5) is 30.2. The Morgan fingerprint density at radius 1 is 1.14 bits per heavy atom. The molecule has 0 aliphatic rings. The van der Waals surface area contributed by atoms with E-state index in [1.165, 1.54) is 4.57 Å². The van der Waals surface area contributed by atoms with Gasteiger partial charge in [-0.05, 0) is 50.9 Å². The van der Waals surface area contributed by atoms with Crippen LogP contribution in [0.1, 0.15) is 37.0 Å². The van der Waals surface area contributed by atoms with Crippen LogP contribution in [-0.4, -0.2) is 44.1 Å². The van der Waals surface area contributed by atoms with Crippen LogP contribution < -0.4 is 11.2 Å². The van der Waals surface area contributed by atoms with Crippen molar-refractivity contribution in [1.29, 1.82) is 0 Å². The second-order valence-electron chi connectivity index (χ2n) is 7.08. The standard InChI is InChI=1S/C21H31N3O4Si/c1-5-27-29(4,28-6-2)13-7-12-22-14-18-8-10-19(11-9-18)16-24-15-17(3)20(25)23-21(24)26/h8-11,14-15H,5-7,12-13,16H2,1-4H3,(H,23,25,26). The zero-order chi connectivity index (χ0) is 21.3. The van der Waals surface area contributed by atoms with Crippen molar-refractivity contribution in [3.8, 4) is 0 Å². The summed E-state index contributed by atoms with van der Waals surface area (Å²) in [6.45, 7) is 10.3. The molecule has 1 aromatic heterocycles. The van der Waals surface area contributed by atoms with Crippen molar-refractivity contribution < 1.29 is 8.85 Å². The number of hydrogen-bond donors (Lipinski definition) is 1. The highest BCUT2D eigenvalue weighted by molar-refractivity contribution is 6.66. The number of nitrogens with zero attached hydrogens (tertiary/aromatic N) is 2. The maximum atomic E-state index is 11.9. The van der Waals surface area contributed by atoms with Gasteiger partial charge in [-0.2, -0.15) is 0 Å². The first-order valence-corrected chi connectivity index (χ1v) is 12.6. The molecule has 0 amide bonds. The third-order valence-corrected chi connectivity index (χ3v) is 7.64. The normalized spacial score (nSPS) is 12.0. The van der Waals surface area contributed by atoms with Crippen LogP contribution in [0.5, 0.6) is 0 Å². The molecule has 0 fully saturated rings. The van der Waals surface area contributed by atoms with Crippen LogP contribution in [0.3, 0.4) is 0 Å². The lowest BCUT2D eigenvalue weighted by Crippen LogP contribution is -2.38. The zero-order valence-electron chi connectivity index (χ0n) is 17.7. The van der Waals surface area contributed by atoms with Crippen molar-refractivity contribution in [2.24, 2.45) is 4.99 Å². The highest BCUT2D eigenvalue weighted by atomic mass is 28.4. The fourth-order valence-corrected chi connectivity index (χ4v) is 5.49. The average Bonchev–Trinajstić information content (AvgIpc) is 2.67. The molecule has 0 spiro atoms. The fraction of sp³-hybridized carbons (Fsp3) is 0.476. The number of aromatic nitrogens is 2. The molecular formula is C21H31N3O4Si. The molecule has 1 N–H and O–H groups in total. The maximum absolute atomic E-state index is 11.9. The van der Waals surface area contributed by atoms with Gasteiger partial charge in [-0.15, -0.1) is 0 Å². The van der Waals surface area contributed by atoms with Gasteiger partial charge in [0, 0.05) is 37.7 Å². The molecule has 7 nitrogen and oxygen atoms in total. The average molecular weight is 418 g/mol. The number of H-pyrrole nitrogens is 1. The van der Waals surface area contributed by atoms with Crippen LogP contribution in [-0.2, 0) is 15.4 Å². The van der Waals surface area contributed by atoms with Crippen LogP contribution >= 0.6 is 0 Å². The molecular weight excluding hydrogens is 386 g/mol. The Bertz CT molecular complexity index is 913. The smallest absolute Gasteiger partial charge is 0.334 e. The Morgan fingerprint density at radius 2 is 1.79 bits per heavy atom. The van der Waals surface area contributed by atoms with E-state index in [9.17, 15) is 9.59 Å². The van der Waals surface area contributed by atoms with E-state index < -0.39 is 14.3 Å². The molecule has 158 valence electrons. The van der Waals surface area contributed by atoms with E-state index in [-0.39, 0.29) is 5.56 Å². The third kappa shape index (κ3) is 7.23. The van der Waals surface area contributed by atoms with Gasteiger partial charge in [0.25, 0.3) is 5.56 Å². The Kier molecular flexibility index (Phi) is 8.75. The Hall–Kier alpha value is -2.29. The van der Waals surface area contributed by atoms with Gasteiger partial charge in [0.05, 0.1) is 6.54 Å². The maximum Gasteiger partial charge on any atom is 0.334 e. The SMILES string of the molecule is CCO[Si](C)(CCCN=Cc1ccc(Cn2cc(C)c(=O)[nH]c2=O)cc1)OCC. The Morgan fingerprint density at radius 3 is 2.41 bits per heavy atom. The summed E-state index contributed by atoms with van der Waals surface area (Å²) in [7, 11) is -2.06. The van der Waals surface area contributed by atoms with E-state index in [4.69, 9.17) is 8.85 Å². The predicted octanol–water partition coefficient (Wildman–Crippen LogP) is 2.85. The van der Waals surface area contributed by atoms with E-state index in [0.29, 0.717) is 25.3 Å². The van der Waals surface area contributed by atoms with Crippen LogP contribution in [0.25, 0.3) is 0 Å². The first kappa shape index (κ1) is 23.0. The highest BCUT2D eigenvalue weighted by Gasteiger charge is 2.29. The number of aryl methyl sites for hydroxylation is 1. The molecule has 2 rings (SSSR count). The fourth-order valence-electron chi connectivity index (χ4n) is 3.10. The molecule has 0 atom stereocenters. The first-order valence-electron chi connectivity index (χ1n) is 10.0. The molecule has 0 aliphatic heterocycles. The van der Waals surface area contributed by atoms with Crippen molar-refractivity contribution in [1.82, 2.24) is 9.55 Å². The van der Waals surface area contributed by atoms with E-state index in [1.54, 1.807) is 13.1 Å². The monoisotopic (exact) mass is 417 g/mol. The van der Waals surface area contributed by atoms with Gasteiger partial charge in [0.15, 0.2) is 0 Å². The van der Waals surface area contributed by atoms with Gasteiger partial charge < -0.3 is 8.85 Å². The van der Waals surface area contributed by atoms with Crippen molar-refractivity contribution in [3.05, 3.63) is 68.0 Å². The summed E-state index contributed by atoms with van der Waals surface area (Å²) in [6.07, 6.45) is 4.38. The number of benzene rings is 1. The summed E-state index contributed by atoms with van der Waals surface area (Å²) in [6, 6.07) is 8.80. The van der Waals surface area contributed by atoms with E-state index in [1.807, 2.05) is 44.3 Å². The minimum Gasteiger partial charge on any atom is -0.395 e. The van der Waals surface area contributed by atoms with Gasteiger partial charge in [0.1, 0.15) is 0 Å². The minimum absolute atomic E-state index is 0.344. The van der Waals surface area contributed by atoms with E-state index in [0.717, 1.165) is 30.1 Å². The molecule has 1 aromatic carbocycles. The second-order valence-corrected chi connectivity index (χ2v) is 10.4. The van der Waals surface area contributed by atoms with Gasteiger partial charge in [0.2, 0.25) is 0 Å². The van der Waals surface area contributed by atoms with Crippen molar-refractivity contribution in [2.45, 2.75) is 46.3 Å². The van der Waals surface area contributed by atoms with Crippen LogP contribution in [0, 0.1) is 6.92 Å². The molecule has 0 radical (unpaired) electrons. The van der Waals surface area contributed by atoms with Gasteiger partial charge in [-0.3, -0.25) is 19.3 Å². The van der Waals surface area contributed by atoms with E-state index >= 15 is 0 Å². The molecule has 29 heavy (non-hydrogen) atoms. The topological polar surface area (TPSA) is 85.7 Å². The quantitative estimate of drug-likeness (QED) is 0.346. The number of hydrogen-bond acceptors (Lipinski definition) is 5. The van der Waals surface area contributed by atoms with Gasteiger partial charge in [-0.25, -0.2) is 4.79 Å². The molecule has 0 aliphatic carbocycles. The molecule has 0 unspecified atom stereocenters. The van der Waals surface area contributed by atoms with Gasteiger partial charge in [-0.1, -0.05) is 24.3 Å². The summed E-state index contributed by atoms with van der Waals surface area (Å²) < 4.78 is 13.2. The highest BCUT2D eigenvalue weighted by Crippen LogP contribution is 2.15. The zero-order valence-corrected chi connectivity index (χ0v) is 18.7. The number of nitrogens with one attached hydrogen (secondary N) is 1. The van der Waals surface area contributed by atoms with Crippen LogP contribution in [0.4, 0.5) is 0 Å². The molecule has 8 heteroatoms. The number of rotatable bonds is 11. The number of aromatic amines is 1. The summed E-state index contributed by atoms with van der Waals surface area (Å²) in [5, 5.41) is 0. The summed E-state index contributed by atoms with van der Waals surface area (Å²) >= 11 is 0. The lowest BCUT2D eigenvalue weighted by atomic mass is 10.1. The van der Waals surface area contributed by atoms with Crippen molar-refractivity contribution in [2.75, 3.05) is 19.8 Å². The molecule has 0 bridgehead atoms. The molecule has 0 saturated heterocycles. The third-order valence-electron chi connectivity index (χ3n) is 4.58. The van der Waals surface area contributed by atoms with Crippen LogP contribution in [0.2, 0.25) is 12.6 Å². The minimum atomic E-state index is -2.06. The Balaban J connectivity index is 1.88. The second kappa shape index (κ2) is 11.0. The predicted molar refractivity (Wildman–Crippen MR) is 118 cm³/mol. The lowest BCUT2D eigenvalue weighted by Gasteiger charge is -2.25. The van der Waals surface area contributed by atoms with E-state index in [2.05, 4.69) is 16.5 Å². The van der Waals surface area contributed by atoms with Gasteiger partial charge >= 0.3 is 14.3 Å². The lowest BCUT2D eigenvalue weighted by molar-refractivity contribution is 0.188. The van der Waals surface area contributed by atoms with Crippen molar-refractivity contribution in [3.63, 3.8) is 0 Å².